The highest BCUT2D eigenvalue weighted by Gasteiger charge is 2.27. The normalized spacial score (nSPS) is 16.9. The lowest BCUT2D eigenvalue weighted by molar-refractivity contribution is -0.117. The van der Waals surface area contributed by atoms with E-state index < -0.39 is 11.2 Å². The molecule has 1 N–H and O–H groups in total. The summed E-state index contributed by atoms with van der Waals surface area (Å²) in [6.45, 7) is 2.06. The Hall–Kier alpha value is -3.85. The lowest BCUT2D eigenvalue weighted by atomic mass is 9.91. The van der Waals surface area contributed by atoms with Gasteiger partial charge < -0.3 is 4.57 Å². The first kappa shape index (κ1) is 31.7. The van der Waals surface area contributed by atoms with E-state index in [1.807, 2.05) is 67.3 Å². The maximum absolute atomic E-state index is 12.5. The minimum absolute atomic E-state index is 0.0472. The first-order valence-electron chi connectivity index (χ1n) is 16.2. The zero-order valence-corrected chi connectivity index (χ0v) is 28.7. The van der Waals surface area contributed by atoms with Crippen LogP contribution in [0.2, 0.25) is 5.02 Å². The van der Waals surface area contributed by atoms with Crippen LogP contribution < -0.4 is 9.03 Å². The Morgan fingerprint density at radius 1 is 0.915 bits per heavy atom. The van der Waals surface area contributed by atoms with Crippen LogP contribution in [0.5, 0.6) is 0 Å². The van der Waals surface area contributed by atoms with Gasteiger partial charge in [-0.25, -0.2) is 9.19 Å². The number of aromatic nitrogens is 2. The van der Waals surface area contributed by atoms with Gasteiger partial charge in [-0.05, 0) is 84.3 Å². The van der Waals surface area contributed by atoms with Crippen LogP contribution in [-0.2, 0) is 22.4 Å². The molecule has 2 heterocycles. The number of hydrogen-bond donors (Lipinski definition) is 1. The first-order chi connectivity index (χ1) is 22.9. The summed E-state index contributed by atoms with van der Waals surface area (Å²) >= 11 is 7.07. The van der Waals surface area contributed by atoms with Crippen molar-refractivity contribution >= 4 is 46.1 Å². The lowest BCUT2D eigenvalue weighted by Gasteiger charge is -2.21. The monoisotopic (exact) mass is 680 g/mol. The molecule has 1 saturated heterocycles. The second kappa shape index (κ2) is 14.1. The molecular formula is C38H37ClN4O2S2. The van der Waals surface area contributed by atoms with E-state index in [0.29, 0.717) is 17.1 Å². The third-order valence-corrected chi connectivity index (χ3v) is 11.6. The molecule has 1 atom stereocenters. The van der Waals surface area contributed by atoms with Gasteiger partial charge >= 0.3 is 0 Å². The van der Waals surface area contributed by atoms with Crippen molar-refractivity contribution in [2.24, 2.45) is 5.92 Å². The van der Waals surface area contributed by atoms with Crippen molar-refractivity contribution in [1.29, 1.82) is 0 Å². The summed E-state index contributed by atoms with van der Waals surface area (Å²) in [7, 11) is 0. The predicted molar refractivity (Wildman–Crippen MR) is 194 cm³/mol. The second-order valence-electron chi connectivity index (χ2n) is 12.4. The summed E-state index contributed by atoms with van der Waals surface area (Å²) in [6.07, 6.45) is 9.50. The van der Waals surface area contributed by atoms with Crippen LogP contribution in [0.1, 0.15) is 49.1 Å². The predicted octanol–water partition coefficient (Wildman–Crippen LogP) is 8.95. The topological polar surface area (TPSA) is 67.2 Å². The number of halogens is 1. The van der Waals surface area contributed by atoms with Crippen LogP contribution in [0.3, 0.4) is 0 Å². The van der Waals surface area contributed by atoms with Gasteiger partial charge in [0.1, 0.15) is 12.4 Å². The minimum Gasteiger partial charge on any atom is -0.303 e. The number of hydrogen-bond acceptors (Lipinski definition) is 4. The maximum Gasteiger partial charge on any atom is 0.253 e. The Balaban J connectivity index is 1.16. The Kier molecular flexibility index (Phi) is 9.52. The van der Waals surface area contributed by atoms with Crippen LogP contribution in [0, 0.1) is 12.8 Å². The van der Waals surface area contributed by atoms with Gasteiger partial charge in [-0.1, -0.05) is 85.5 Å². The van der Waals surface area contributed by atoms with Crippen LogP contribution >= 0.6 is 23.4 Å². The second-order valence-corrected chi connectivity index (χ2v) is 15.1. The molecule has 7 rings (SSSR count). The van der Waals surface area contributed by atoms with Crippen molar-refractivity contribution in [3.05, 3.63) is 119 Å². The van der Waals surface area contributed by atoms with E-state index in [9.17, 15) is 9.00 Å². The van der Waals surface area contributed by atoms with Crippen LogP contribution in [0.15, 0.2) is 102 Å². The van der Waals surface area contributed by atoms with Crippen molar-refractivity contribution in [2.45, 2.75) is 50.3 Å². The van der Waals surface area contributed by atoms with E-state index in [4.69, 9.17) is 16.6 Å². The zero-order valence-electron chi connectivity index (χ0n) is 26.3. The molecule has 2 fully saturated rings. The highest BCUT2D eigenvalue weighted by atomic mass is 35.5. The van der Waals surface area contributed by atoms with Crippen molar-refractivity contribution < 1.29 is 9.00 Å². The average Bonchev–Trinajstić information content (AvgIpc) is 3.66. The quantitative estimate of drug-likeness (QED) is 0.158. The largest absolute Gasteiger partial charge is 0.303 e. The number of rotatable bonds is 9. The van der Waals surface area contributed by atoms with Gasteiger partial charge in [0, 0.05) is 34.5 Å². The van der Waals surface area contributed by atoms with Gasteiger partial charge in [0.15, 0.2) is 0 Å². The molecule has 1 aliphatic carbocycles. The third-order valence-electron chi connectivity index (χ3n) is 8.96. The number of amides is 1. The summed E-state index contributed by atoms with van der Waals surface area (Å²) in [5, 5.41) is 0.649. The number of aryl methyl sites for hydroxylation is 1. The molecule has 1 saturated carbocycles. The molecule has 240 valence electrons. The van der Waals surface area contributed by atoms with Crippen molar-refractivity contribution in [3.8, 4) is 28.1 Å². The molecule has 0 radical (unpaired) electrons. The molecule has 4 aromatic carbocycles. The fraction of sp³-hybridized carbons (Fsp3) is 0.263. The Morgan fingerprint density at radius 2 is 1.70 bits per heavy atom. The van der Waals surface area contributed by atoms with E-state index in [1.54, 1.807) is 4.31 Å². The van der Waals surface area contributed by atoms with E-state index in [1.165, 1.54) is 53.9 Å². The molecule has 9 heteroatoms. The molecule has 0 spiro atoms. The fourth-order valence-electron chi connectivity index (χ4n) is 6.41. The molecule has 1 aromatic heterocycles. The minimum atomic E-state index is -1.61. The SMILES string of the molecule is Cc1ccc(-c2cn(-c3cccc(N4CC(=O)NS4=O)c3)c(Cc3ccc(-c4cccc(SCC5CCCCC5)c4)cc3)n2)c(Cl)c1. The highest BCUT2D eigenvalue weighted by molar-refractivity contribution is 7.99. The Labute approximate surface area is 288 Å². The number of nitrogens with one attached hydrogen (secondary N) is 1. The number of thioether (sulfide) groups is 1. The highest BCUT2D eigenvalue weighted by Crippen LogP contribution is 2.33. The number of imidazole rings is 1. The van der Waals surface area contributed by atoms with Gasteiger partial charge in [-0.15, -0.1) is 11.8 Å². The van der Waals surface area contributed by atoms with Gasteiger partial charge in [0.2, 0.25) is 11.2 Å². The molecule has 6 nitrogen and oxygen atoms in total. The van der Waals surface area contributed by atoms with Gasteiger partial charge in [0.25, 0.3) is 5.91 Å². The fourth-order valence-corrected chi connectivity index (χ4v) is 8.80. The van der Waals surface area contributed by atoms with Crippen LogP contribution in [0.4, 0.5) is 5.69 Å². The summed E-state index contributed by atoms with van der Waals surface area (Å²) in [5.41, 5.74) is 7.83. The number of carbonyl (C=O) groups is 1. The van der Waals surface area contributed by atoms with Crippen LogP contribution in [-0.4, -0.2) is 32.0 Å². The maximum atomic E-state index is 12.5. The summed E-state index contributed by atoms with van der Waals surface area (Å²) < 4.78 is 18.6. The number of benzene rings is 4. The molecule has 0 bridgehead atoms. The van der Waals surface area contributed by atoms with Crippen molar-refractivity contribution in [1.82, 2.24) is 14.3 Å². The van der Waals surface area contributed by atoms with E-state index in [-0.39, 0.29) is 12.5 Å². The van der Waals surface area contributed by atoms with Crippen molar-refractivity contribution in [2.75, 3.05) is 16.6 Å². The summed E-state index contributed by atoms with van der Waals surface area (Å²) in [5.74, 6) is 2.64. The smallest absolute Gasteiger partial charge is 0.253 e. The lowest BCUT2D eigenvalue weighted by Crippen LogP contribution is -2.22. The van der Waals surface area contributed by atoms with Gasteiger partial charge in [-0.2, -0.15) is 0 Å². The average molecular weight is 681 g/mol. The summed E-state index contributed by atoms with van der Waals surface area (Å²) in [4.78, 5) is 18.3. The molecular weight excluding hydrogens is 644 g/mol. The molecule has 47 heavy (non-hydrogen) atoms. The number of nitrogens with zero attached hydrogens (tertiary/aromatic N) is 3. The summed E-state index contributed by atoms with van der Waals surface area (Å²) in [6, 6.07) is 31.3. The van der Waals surface area contributed by atoms with E-state index in [2.05, 4.69) is 57.8 Å². The Morgan fingerprint density at radius 3 is 2.47 bits per heavy atom. The van der Waals surface area contributed by atoms with Crippen LogP contribution in [0.25, 0.3) is 28.1 Å². The molecule has 1 unspecified atom stereocenters. The number of anilines is 1. The van der Waals surface area contributed by atoms with E-state index >= 15 is 0 Å². The molecule has 5 aromatic rings. The standard InChI is InChI=1S/C38H37ClN4O2S2/c1-26-13-18-34(35(39)19-26)36-23-42(31-10-6-11-32(22-31)43-24-38(44)41-47(43)45)37(40-36)20-27-14-16-29(17-15-27)30-9-5-12-33(21-30)46-25-28-7-3-2-4-8-28/h5-6,9-19,21-23,28H,2-4,7-8,20,24-25H2,1H3,(H,41,44). The zero-order chi connectivity index (χ0) is 32.3. The van der Waals surface area contributed by atoms with Gasteiger partial charge in [-0.3, -0.25) is 13.8 Å². The third kappa shape index (κ3) is 7.35. The molecule has 1 amide bonds. The van der Waals surface area contributed by atoms with Crippen molar-refractivity contribution in [3.63, 3.8) is 0 Å². The Bertz CT molecular complexity index is 1930. The molecule has 2 aliphatic rings. The number of carbonyl (C=O) groups excluding carboxylic acids is 1. The molecule has 1 aliphatic heterocycles. The van der Waals surface area contributed by atoms with E-state index in [0.717, 1.165) is 39.8 Å². The first-order valence-corrected chi connectivity index (χ1v) is 18.6. The van der Waals surface area contributed by atoms with Gasteiger partial charge in [0.05, 0.1) is 16.4 Å².